The van der Waals surface area contributed by atoms with Crippen molar-refractivity contribution >= 4 is 5.91 Å². The summed E-state index contributed by atoms with van der Waals surface area (Å²) >= 11 is 0. The predicted octanol–water partition coefficient (Wildman–Crippen LogP) is 2.35. The smallest absolute Gasteiger partial charge is 0.282 e. The van der Waals surface area contributed by atoms with Gasteiger partial charge in [0.1, 0.15) is 11.5 Å². The molecule has 4 rings (SSSR count). The second-order valence-electron chi connectivity index (χ2n) is 8.48. The number of aromatic nitrogens is 1. The molecule has 0 unspecified atom stereocenters. The lowest BCUT2D eigenvalue weighted by Gasteiger charge is -2.41. The summed E-state index contributed by atoms with van der Waals surface area (Å²) in [4.78, 5) is 21.7. The summed E-state index contributed by atoms with van der Waals surface area (Å²) in [7, 11) is 3.70. The van der Waals surface area contributed by atoms with Crippen molar-refractivity contribution in [3.8, 4) is 17.2 Å². The first-order valence-electron chi connectivity index (χ1n) is 10.7. The number of likely N-dealkylation sites (N-methyl/N-ethyl adjacent to an activating group) is 1. The van der Waals surface area contributed by atoms with Crippen LogP contribution in [0, 0.1) is 12.8 Å². The third kappa shape index (κ3) is 4.76. The Hall–Kier alpha value is -2.42. The molecule has 1 aromatic heterocycles. The normalized spacial score (nSPS) is 24.9. The third-order valence-corrected chi connectivity index (χ3v) is 6.08. The topological polar surface area (TPSA) is 77.3 Å². The highest BCUT2D eigenvalue weighted by Gasteiger charge is 2.43. The molecule has 2 aliphatic heterocycles. The zero-order valence-electron chi connectivity index (χ0n) is 18.7. The van der Waals surface area contributed by atoms with E-state index in [1.165, 1.54) is 0 Å². The molecule has 8 heteroatoms. The highest BCUT2D eigenvalue weighted by Crippen LogP contribution is 2.29. The van der Waals surface area contributed by atoms with Gasteiger partial charge in [-0.3, -0.25) is 4.79 Å². The molecule has 0 spiro atoms. The first-order valence-corrected chi connectivity index (χ1v) is 10.7. The molecular weight excluding hydrogens is 398 g/mol. The van der Waals surface area contributed by atoms with Crippen LogP contribution in [0.5, 0.6) is 5.75 Å². The minimum atomic E-state index is -1.21. The monoisotopic (exact) mass is 429 g/mol. The fraction of sp³-hybridized carbons (Fsp3) is 0.565. The molecular formula is C23H31N3O5. The summed E-state index contributed by atoms with van der Waals surface area (Å²) in [6.07, 6.45) is 0.671. The minimum Gasteiger partial charge on any atom is -0.497 e. The van der Waals surface area contributed by atoms with Gasteiger partial charge in [0, 0.05) is 44.1 Å². The van der Waals surface area contributed by atoms with E-state index in [0.717, 1.165) is 35.9 Å². The van der Waals surface area contributed by atoms with Crippen LogP contribution in [0.25, 0.3) is 11.5 Å². The van der Waals surface area contributed by atoms with Crippen molar-refractivity contribution in [1.29, 1.82) is 0 Å². The van der Waals surface area contributed by atoms with Crippen LogP contribution in [-0.4, -0.2) is 80.0 Å². The van der Waals surface area contributed by atoms with Crippen molar-refractivity contribution in [3.05, 3.63) is 35.7 Å². The molecule has 0 N–H and O–H groups in total. The van der Waals surface area contributed by atoms with Gasteiger partial charge in [0.15, 0.2) is 0 Å². The average Bonchev–Trinajstić information content (AvgIpc) is 3.15. The van der Waals surface area contributed by atoms with Crippen molar-refractivity contribution in [1.82, 2.24) is 14.8 Å². The molecule has 1 amide bonds. The van der Waals surface area contributed by atoms with E-state index < -0.39 is 5.79 Å². The first-order chi connectivity index (χ1) is 14.9. The number of benzene rings is 1. The number of hydrogen-bond acceptors (Lipinski definition) is 7. The number of oxazole rings is 1. The van der Waals surface area contributed by atoms with Gasteiger partial charge < -0.3 is 28.4 Å². The maximum atomic E-state index is 12.9. The zero-order valence-corrected chi connectivity index (χ0v) is 18.7. The fourth-order valence-corrected chi connectivity index (χ4v) is 3.93. The lowest BCUT2D eigenvalue weighted by Crippen LogP contribution is -2.58. The molecule has 3 heterocycles. The number of piperazine rings is 1. The molecule has 31 heavy (non-hydrogen) atoms. The highest BCUT2D eigenvalue weighted by molar-refractivity contribution is 5.83. The largest absolute Gasteiger partial charge is 0.497 e. The van der Waals surface area contributed by atoms with E-state index in [-0.39, 0.29) is 11.8 Å². The molecule has 0 saturated carbocycles. The second kappa shape index (κ2) is 8.98. The van der Waals surface area contributed by atoms with Gasteiger partial charge in [0.25, 0.3) is 5.91 Å². The van der Waals surface area contributed by atoms with Gasteiger partial charge in [-0.15, -0.1) is 0 Å². The van der Waals surface area contributed by atoms with Crippen LogP contribution >= 0.6 is 0 Å². The van der Waals surface area contributed by atoms with Crippen molar-refractivity contribution in [2.75, 3.05) is 53.6 Å². The molecule has 168 valence electrons. The van der Waals surface area contributed by atoms with E-state index in [0.29, 0.717) is 38.6 Å². The van der Waals surface area contributed by atoms with E-state index in [4.69, 9.17) is 18.6 Å². The van der Waals surface area contributed by atoms with E-state index in [9.17, 15) is 4.79 Å². The minimum absolute atomic E-state index is 0.0848. The summed E-state index contributed by atoms with van der Waals surface area (Å²) in [5, 5.41) is 0. The van der Waals surface area contributed by atoms with Crippen LogP contribution in [0.4, 0.5) is 0 Å². The SMILES string of the molecule is COc1ccc(-c2nc(CC3COC(C)(C(=O)N4CCN(C)CC4)OC3)c(C)o2)cc1. The van der Waals surface area contributed by atoms with Crippen LogP contribution in [0.2, 0.25) is 0 Å². The van der Waals surface area contributed by atoms with E-state index >= 15 is 0 Å². The van der Waals surface area contributed by atoms with Crippen LogP contribution < -0.4 is 4.74 Å². The van der Waals surface area contributed by atoms with E-state index in [1.807, 2.05) is 36.1 Å². The van der Waals surface area contributed by atoms with E-state index in [2.05, 4.69) is 16.9 Å². The molecule has 2 fully saturated rings. The Morgan fingerprint density at radius 1 is 1.16 bits per heavy atom. The number of carbonyl (C=O) groups is 1. The van der Waals surface area contributed by atoms with Gasteiger partial charge in [-0.1, -0.05) is 0 Å². The van der Waals surface area contributed by atoms with Gasteiger partial charge in [-0.05, 0) is 45.2 Å². The summed E-state index contributed by atoms with van der Waals surface area (Å²) < 4.78 is 23.0. The molecule has 0 bridgehead atoms. The first kappa shape index (κ1) is 21.8. The maximum Gasteiger partial charge on any atom is 0.282 e. The van der Waals surface area contributed by atoms with Gasteiger partial charge in [-0.2, -0.15) is 0 Å². The zero-order chi connectivity index (χ0) is 22.0. The Morgan fingerprint density at radius 2 is 1.81 bits per heavy atom. The third-order valence-electron chi connectivity index (χ3n) is 6.08. The Labute approximate surface area is 183 Å². The van der Waals surface area contributed by atoms with Crippen molar-refractivity contribution in [3.63, 3.8) is 0 Å². The lowest BCUT2D eigenvalue weighted by molar-refractivity contribution is -0.266. The average molecular weight is 430 g/mol. The molecule has 0 aliphatic carbocycles. The Balaban J connectivity index is 1.35. The van der Waals surface area contributed by atoms with Crippen molar-refractivity contribution < 1.29 is 23.4 Å². The Morgan fingerprint density at radius 3 is 2.42 bits per heavy atom. The van der Waals surface area contributed by atoms with E-state index in [1.54, 1.807) is 14.0 Å². The lowest BCUT2D eigenvalue weighted by atomic mass is 10.0. The molecule has 2 aromatic rings. The number of ether oxygens (including phenoxy) is 3. The summed E-state index contributed by atoms with van der Waals surface area (Å²) in [6.45, 7) is 7.67. The predicted molar refractivity (Wildman–Crippen MR) is 115 cm³/mol. The summed E-state index contributed by atoms with van der Waals surface area (Å²) in [5.74, 6) is 0.979. The van der Waals surface area contributed by atoms with Crippen LogP contribution in [-0.2, 0) is 20.7 Å². The molecule has 2 saturated heterocycles. The van der Waals surface area contributed by atoms with Gasteiger partial charge in [-0.25, -0.2) is 4.98 Å². The molecule has 8 nitrogen and oxygen atoms in total. The number of methoxy groups -OCH3 is 1. The number of hydrogen-bond donors (Lipinski definition) is 0. The van der Waals surface area contributed by atoms with Crippen LogP contribution in [0.3, 0.4) is 0 Å². The fourth-order valence-electron chi connectivity index (χ4n) is 3.93. The van der Waals surface area contributed by atoms with Crippen molar-refractivity contribution in [2.24, 2.45) is 5.92 Å². The quantitative estimate of drug-likeness (QED) is 0.722. The summed E-state index contributed by atoms with van der Waals surface area (Å²) in [6, 6.07) is 7.62. The number of amides is 1. The standard InChI is InChI=1S/C23H31N3O5/c1-16-20(24-21(31-16)18-5-7-19(28-4)8-6-18)13-17-14-29-23(2,30-15-17)22(27)26-11-9-25(3)10-12-26/h5-8,17H,9-15H2,1-4H3. The van der Waals surface area contributed by atoms with Crippen LogP contribution in [0.15, 0.2) is 28.7 Å². The maximum absolute atomic E-state index is 12.9. The Kier molecular flexibility index (Phi) is 6.31. The van der Waals surface area contributed by atoms with Crippen LogP contribution in [0.1, 0.15) is 18.4 Å². The molecule has 0 atom stereocenters. The summed E-state index contributed by atoms with van der Waals surface area (Å²) in [5.41, 5.74) is 1.79. The number of nitrogens with zero attached hydrogens (tertiary/aromatic N) is 3. The van der Waals surface area contributed by atoms with Gasteiger partial charge >= 0.3 is 0 Å². The number of rotatable bonds is 5. The molecule has 1 aromatic carbocycles. The van der Waals surface area contributed by atoms with Crippen molar-refractivity contribution in [2.45, 2.75) is 26.1 Å². The number of carbonyl (C=O) groups excluding carboxylic acids is 1. The molecule has 0 radical (unpaired) electrons. The van der Waals surface area contributed by atoms with Gasteiger partial charge in [0.05, 0.1) is 26.0 Å². The Bertz CT molecular complexity index is 894. The molecule has 2 aliphatic rings. The second-order valence-corrected chi connectivity index (χ2v) is 8.48. The number of aryl methyl sites for hydroxylation is 1. The van der Waals surface area contributed by atoms with Gasteiger partial charge in [0.2, 0.25) is 11.7 Å². The highest BCUT2D eigenvalue weighted by atomic mass is 16.7.